The monoisotopic (exact) mass is 295 g/mol. The van der Waals surface area contributed by atoms with Crippen molar-refractivity contribution in [2.24, 2.45) is 0 Å². The van der Waals surface area contributed by atoms with E-state index in [2.05, 4.69) is 20.9 Å². The number of benzene rings is 1. The van der Waals surface area contributed by atoms with Crippen molar-refractivity contribution in [3.8, 4) is 11.1 Å². The molecule has 0 aliphatic rings. The Kier molecular flexibility index (Phi) is 3.36. The largest absolute Gasteiger partial charge is 0.298 e. The van der Waals surface area contributed by atoms with Crippen LogP contribution in [0.1, 0.15) is 10.4 Å². The number of hydrogen-bond donors (Lipinski definition) is 0. The Hall–Kier alpha value is -1.19. The van der Waals surface area contributed by atoms with E-state index < -0.39 is 0 Å². The topological polar surface area (TPSA) is 30.0 Å². The first kappa shape index (κ1) is 11.3. The van der Waals surface area contributed by atoms with Gasteiger partial charge in [-0.25, -0.2) is 4.98 Å². The summed E-state index contributed by atoms with van der Waals surface area (Å²) in [6.45, 7) is 0. The van der Waals surface area contributed by atoms with Gasteiger partial charge in [-0.1, -0.05) is 29.8 Å². The van der Waals surface area contributed by atoms with Crippen LogP contribution in [0.2, 0.25) is 5.15 Å². The molecule has 0 saturated carbocycles. The van der Waals surface area contributed by atoms with Gasteiger partial charge in [0.1, 0.15) is 11.4 Å². The number of carbonyl (C=O) groups excluding carboxylic acids is 1. The van der Waals surface area contributed by atoms with Crippen molar-refractivity contribution in [1.29, 1.82) is 0 Å². The number of hydrogen-bond acceptors (Lipinski definition) is 2. The van der Waals surface area contributed by atoms with E-state index in [4.69, 9.17) is 11.6 Å². The van der Waals surface area contributed by atoms with Crippen molar-refractivity contribution in [1.82, 2.24) is 4.98 Å². The highest BCUT2D eigenvalue weighted by Gasteiger charge is 2.07. The highest BCUT2D eigenvalue weighted by molar-refractivity contribution is 9.10. The summed E-state index contributed by atoms with van der Waals surface area (Å²) in [7, 11) is 0. The third kappa shape index (κ3) is 2.15. The summed E-state index contributed by atoms with van der Waals surface area (Å²) in [4.78, 5) is 14.6. The molecule has 0 spiro atoms. The fourth-order valence-electron chi connectivity index (χ4n) is 1.42. The lowest BCUT2D eigenvalue weighted by atomic mass is 10.1. The zero-order chi connectivity index (χ0) is 11.5. The summed E-state index contributed by atoms with van der Waals surface area (Å²) in [5.74, 6) is 0. The molecule has 0 unspecified atom stereocenters. The number of aldehydes is 1. The second-order valence-electron chi connectivity index (χ2n) is 3.21. The van der Waals surface area contributed by atoms with Gasteiger partial charge in [0.05, 0.1) is 4.47 Å². The molecule has 0 radical (unpaired) electrons. The molecule has 0 fully saturated rings. The molecule has 0 aliphatic carbocycles. The molecule has 4 heteroatoms. The maximum Gasteiger partial charge on any atom is 0.150 e. The zero-order valence-corrected chi connectivity index (χ0v) is 10.5. The molecule has 1 heterocycles. The zero-order valence-electron chi connectivity index (χ0n) is 8.15. The second kappa shape index (κ2) is 4.76. The Morgan fingerprint density at radius 1 is 1.31 bits per heavy atom. The summed E-state index contributed by atoms with van der Waals surface area (Å²) < 4.78 is 0.736. The quantitative estimate of drug-likeness (QED) is 0.620. The van der Waals surface area contributed by atoms with Crippen LogP contribution in [0, 0.1) is 0 Å². The highest BCUT2D eigenvalue weighted by Crippen LogP contribution is 2.32. The SMILES string of the molecule is O=Cc1cccc(-c2ccnc(Cl)c2Br)c1. The minimum atomic E-state index is 0.411. The van der Waals surface area contributed by atoms with Gasteiger partial charge in [0.2, 0.25) is 0 Å². The minimum absolute atomic E-state index is 0.411. The van der Waals surface area contributed by atoms with Gasteiger partial charge in [0.25, 0.3) is 0 Å². The molecule has 16 heavy (non-hydrogen) atoms. The smallest absolute Gasteiger partial charge is 0.150 e. The first-order chi connectivity index (χ1) is 7.72. The molecule has 1 aromatic heterocycles. The summed E-state index contributed by atoms with van der Waals surface area (Å²) in [5, 5.41) is 0.411. The van der Waals surface area contributed by atoms with Crippen molar-refractivity contribution in [3.05, 3.63) is 51.7 Å². The average molecular weight is 297 g/mol. The fourth-order valence-corrected chi connectivity index (χ4v) is 2.04. The van der Waals surface area contributed by atoms with Crippen LogP contribution in [0.25, 0.3) is 11.1 Å². The molecule has 80 valence electrons. The number of nitrogens with zero attached hydrogens (tertiary/aromatic N) is 1. The summed E-state index contributed by atoms with van der Waals surface area (Å²) in [6.07, 6.45) is 2.45. The van der Waals surface area contributed by atoms with E-state index in [9.17, 15) is 4.79 Å². The molecular formula is C12H7BrClNO. The van der Waals surface area contributed by atoms with Crippen molar-refractivity contribution in [2.45, 2.75) is 0 Å². The number of aromatic nitrogens is 1. The van der Waals surface area contributed by atoms with E-state index in [1.54, 1.807) is 12.3 Å². The van der Waals surface area contributed by atoms with E-state index in [1.165, 1.54) is 0 Å². The lowest BCUT2D eigenvalue weighted by Crippen LogP contribution is -1.86. The maximum absolute atomic E-state index is 10.7. The van der Waals surface area contributed by atoms with Gasteiger partial charge in [-0.2, -0.15) is 0 Å². The van der Waals surface area contributed by atoms with Gasteiger partial charge in [-0.05, 0) is 33.6 Å². The number of pyridine rings is 1. The summed E-state index contributed by atoms with van der Waals surface area (Å²) in [6, 6.07) is 9.17. The van der Waals surface area contributed by atoms with E-state index in [0.717, 1.165) is 21.9 Å². The van der Waals surface area contributed by atoms with Crippen LogP contribution in [-0.2, 0) is 0 Å². The first-order valence-corrected chi connectivity index (χ1v) is 5.75. The fraction of sp³-hybridized carbons (Fsp3) is 0. The Labute approximate surface area is 106 Å². The lowest BCUT2D eigenvalue weighted by molar-refractivity contribution is 0.112. The summed E-state index contributed by atoms with van der Waals surface area (Å²) >= 11 is 9.29. The predicted octanol–water partition coefficient (Wildman–Crippen LogP) is 3.98. The molecule has 0 atom stereocenters. The first-order valence-electron chi connectivity index (χ1n) is 4.58. The Morgan fingerprint density at radius 2 is 2.12 bits per heavy atom. The number of carbonyl (C=O) groups is 1. The van der Waals surface area contributed by atoms with Gasteiger partial charge in [-0.3, -0.25) is 4.79 Å². The maximum atomic E-state index is 10.7. The van der Waals surface area contributed by atoms with Crippen LogP contribution in [0.4, 0.5) is 0 Å². The normalized spacial score (nSPS) is 10.1. The number of halogens is 2. The van der Waals surface area contributed by atoms with Gasteiger partial charge in [-0.15, -0.1) is 0 Å². The third-order valence-corrected chi connectivity index (χ3v) is 3.50. The molecular weight excluding hydrogens is 289 g/mol. The molecule has 2 aromatic rings. The van der Waals surface area contributed by atoms with Crippen LogP contribution in [0.5, 0.6) is 0 Å². The van der Waals surface area contributed by atoms with Crippen LogP contribution in [0.15, 0.2) is 41.0 Å². The Bertz CT molecular complexity index is 542. The average Bonchev–Trinajstić information content (AvgIpc) is 2.33. The van der Waals surface area contributed by atoms with Gasteiger partial charge in [0.15, 0.2) is 0 Å². The van der Waals surface area contributed by atoms with Crippen molar-refractivity contribution < 1.29 is 4.79 Å². The standard InChI is InChI=1S/C12H7BrClNO/c13-11-10(4-5-15-12(11)14)9-3-1-2-8(6-9)7-16/h1-7H. The predicted molar refractivity (Wildman–Crippen MR) is 67.8 cm³/mol. The van der Waals surface area contributed by atoms with E-state index >= 15 is 0 Å². The molecule has 0 saturated heterocycles. The van der Waals surface area contributed by atoms with E-state index in [0.29, 0.717) is 10.7 Å². The molecule has 0 aliphatic heterocycles. The molecule has 0 N–H and O–H groups in total. The van der Waals surface area contributed by atoms with E-state index in [1.807, 2.05) is 24.3 Å². The second-order valence-corrected chi connectivity index (χ2v) is 4.36. The van der Waals surface area contributed by atoms with Gasteiger partial charge >= 0.3 is 0 Å². The van der Waals surface area contributed by atoms with Crippen molar-refractivity contribution >= 4 is 33.8 Å². The van der Waals surface area contributed by atoms with Crippen LogP contribution in [0.3, 0.4) is 0 Å². The molecule has 1 aromatic carbocycles. The van der Waals surface area contributed by atoms with Gasteiger partial charge < -0.3 is 0 Å². The van der Waals surface area contributed by atoms with Crippen molar-refractivity contribution in [3.63, 3.8) is 0 Å². The van der Waals surface area contributed by atoms with Crippen LogP contribution in [-0.4, -0.2) is 11.3 Å². The molecule has 0 bridgehead atoms. The highest BCUT2D eigenvalue weighted by atomic mass is 79.9. The van der Waals surface area contributed by atoms with Crippen LogP contribution >= 0.6 is 27.5 Å². The van der Waals surface area contributed by atoms with Gasteiger partial charge in [0, 0.05) is 17.3 Å². The van der Waals surface area contributed by atoms with E-state index in [-0.39, 0.29) is 0 Å². The molecule has 2 nitrogen and oxygen atoms in total. The minimum Gasteiger partial charge on any atom is -0.298 e. The molecule has 0 amide bonds. The lowest BCUT2D eigenvalue weighted by Gasteiger charge is -2.05. The number of rotatable bonds is 2. The van der Waals surface area contributed by atoms with Crippen molar-refractivity contribution in [2.75, 3.05) is 0 Å². The Morgan fingerprint density at radius 3 is 2.88 bits per heavy atom. The molecule has 2 rings (SSSR count). The summed E-state index contributed by atoms with van der Waals surface area (Å²) in [5.41, 5.74) is 2.49. The Balaban J connectivity index is 2.58. The van der Waals surface area contributed by atoms with Crippen LogP contribution < -0.4 is 0 Å². The third-order valence-electron chi connectivity index (χ3n) is 2.18.